The van der Waals surface area contributed by atoms with Crippen molar-refractivity contribution in [3.63, 3.8) is 0 Å². The van der Waals surface area contributed by atoms with Gasteiger partial charge in [-0.1, -0.05) is 11.6 Å². The van der Waals surface area contributed by atoms with Crippen molar-refractivity contribution in [2.24, 2.45) is 11.8 Å². The number of carbonyl (C=O) groups excluding carboxylic acids is 2. The van der Waals surface area contributed by atoms with Crippen molar-refractivity contribution in [3.8, 4) is 0 Å². The topological polar surface area (TPSA) is 93.5 Å². The molecule has 1 aromatic heterocycles. The largest absolute Gasteiger partial charge is 0.381 e. The van der Waals surface area contributed by atoms with Crippen LogP contribution in [0.1, 0.15) is 73.5 Å². The summed E-state index contributed by atoms with van der Waals surface area (Å²) in [6.45, 7) is 1.98. The Labute approximate surface area is 159 Å². The zero-order valence-electron chi connectivity index (χ0n) is 15.7. The summed E-state index contributed by atoms with van der Waals surface area (Å²) in [6, 6.07) is 1.98. The Morgan fingerprint density at radius 1 is 1.11 bits per heavy atom. The fraction of sp³-hybridized carbons (Fsp3) is 0.750. The molecular formula is C20H29N3O4. The first-order chi connectivity index (χ1) is 13.2. The molecule has 2 heterocycles. The zero-order valence-corrected chi connectivity index (χ0v) is 15.7. The lowest BCUT2D eigenvalue weighted by molar-refractivity contribution is -0.128. The van der Waals surface area contributed by atoms with Crippen LogP contribution in [0, 0.1) is 11.8 Å². The maximum absolute atomic E-state index is 12.4. The Morgan fingerprint density at radius 2 is 1.93 bits per heavy atom. The molecule has 1 aromatic rings. The fourth-order valence-electron chi connectivity index (χ4n) is 4.18. The lowest BCUT2D eigenvalue weighted by atomic mass is 9.85. The summed E-state index contributed by atoms with van der Waals surface area (Å²) >= 11 is 0. The molecule has 148 valence electrons. The number of aromatic nitrogens is 1. The summed E-state index contributed by atoms with van der Waals surface area (Å²) in [5.41, 5.74) is 0.897. The number of hydrogen-bond donors (Lipinski definition) is 2. The Morgan fingerprint density at radius 3 is 2.70 bits per heavy atom. The molecule has 2 aliphatic carbocycles. The first kappa shape index (κ1) is 18.5. The molecule has 2 N–H and O–H groups in total. The van der Waals surface area contributed by atoms with Gasteiger partial charge in [-0.25, -0.2) is 0 Å². The van der Waals surface area contributed by atoms with E-state index in [1.165, 1.54) is 0 Å². The maximum Gasteiger partial charge on any atom is 0.289 e. The van der Waals surface area contributed by atoms with E-state index in [1.54, 1.807) is 6.07 Å². The molecule has 1 aliphatic heterocycles. The second-order valence-corrected chi connectivity index (χ2v) is 8.23. The number of nitrogens with zero attached hydrogens (tertiary/aromatic N) is 1. The third-order valence-corrected chi connectivity index (χ3v) is 6.02. The van der Waals surface area contributed by atoms with Crippen LogP contribution in [0.2, 0.25) is 0 Å². The minimum absolute atomic E-state index is 0.0888. The number of hydrogen-bond acceptors (Lipinski definition) is 5. The van der Waals surface area contributed by atoms with Gasteiger partial charge in [0, 0.05) is 43.7 Å². The van der Waals surface area contributed by atoms with E-state index >= 15 is 0 Å². The first-order valence-electron chi connectivity index (χ1n) is 10.3. The second kappa shape index (κ2) is 8.42. The SMILES string of the molecule is O=C(NC[C@@H]1CCC[C@H](NC(=O)C2CCOCC2)C1)c1cc(C2CC2)no1. The van der Waals surface area contributed by atoms with Gasteiger partial charge in [0.1, 0.15) is 0 Å². The summed E-state index contributed by atoms with van der Waals surface area (Å²) < 4.78 is 10.5. The molecule has 0 bridgehead atoms. The van der Waals surface area contributed by atoms with Crippen molar-refractivity contribution in [3.05, 3.63) is 17.5 Å². The summed E-state index contributed by atoms with van der Waals surface area (Å²) in [4.78, 5) is 24.7. The van der Waals surface area contributed by atoms with E-state index in [4.69, 9.17) is 9.26 Å². The Balaban J connectivity index is 1.21. The van der Waals surface area contributed by atoms with Crippen molar-refractivity contribution < 1.29 is 18.8 Å². The average Bonchev–Trinajstić information content (AvgIpc) is 3.43. The van der Waals surface area contributed by atoms with Gasteiger partial charge in [-0.3, -0.25) is 9.59 Å². The lowest BCUT2D eigenvalue weighted by Gasteiger charge is -2.31. The van der Waals surface area contributed by atoms with E-state index in [9.17, 15) is 9.59 Å². The highest BCUT2D eigenvalue weighted by molar-refractivity contribution is 5.91. The van der Waals surface area contributed by atoms with Crippen LogP contribution in [0.3, 0.4) is 0 Å². The molecule has 2 amide bonds. The summed E-state index contributed by atoms with van der Waals surface area (Å²) in [5, 5.41) is 10.2. The van der Waals surface area contributed by atoms with Gasteiger partial charge in [0.15, 0.2) is 0 Å². The summed E-state index contributed by atoms with van der Waals surface area (Å²) in [6.07, 6.45) is 8.00. The number of amides is 2. The van der Waals surface area contributed by atoms with E-state index in [-0.39, 0.29) is 23.8 Å². The Hall–Kier alpha value is -1.89. The van der Waals surface area contributed by atoms with Crippen LogP contribution in [0.25, 0.3) is 0 Å². The Bertz CT molecular complexity index is 664. The van der Waals surface area contributed by atoms with Crippen LogP contribution >= 0.6 is 0 Å². The number of ether oxygens (including phenoxy) is 1. The third-order valence-electron chi connectivity index (χ3n) is 6.02. The highest BCUT2D eigenvalue weighted by Crippen LogP contribution is 2.39. The normalized spacial score (nSPS) is 26.5. The quantitative estimate of drug-likeness (QED) is 0.796. The van der Waals surface area contributed by atoms with Gasteiger partial charge < -0.3 is 19.9 Å². The van der Waals surface area contributed by atoms with E-state index in [2.05, 4.69) is 15.8 Å². The van der Waals surface area contributed by atoms with Gasteiger partial charge in [0.2, 0.25) is 11.7 Å². The van der Waals surface area contributed by atoms with Crippen molar-refractivity contribution in [1.29, 1.82) is 0 Å². The zero-order chi connectivity index (χ0) is 18.6. The van der Waals surface area contributed by atoms with E-state index in [0.717, 1.165) is 57.1 Å². The van der Waals surface area contributed by atoms with Crippen molar-refractivity contribution in [2.75, 3.05) is 19.8 Å². The second-order valence-electron chi connectivity index (χ2n) is 8.23. The van der Waals surface area contributed by atoms with Crippen molar-refractivity contribution in [1.82, 2.24) is 15.8 Å². The summed E-state index contributed by atoms with van der Waals surface area (Å²) in [7, 11) is 0. The van der Waals surface area contributed by atoms with Crippen LogP contribution in [-0.2, 0) is 9.53 Å². The van der Waals surface area contributed by atoms with Gasteiger partial charge in [0.05, 0.1) is 5.69 Å². The average molecular weight is 375 g/mol. The van der Waals surface area contributed by atoms with Gasteiger partial charge in [-0.15, -0.1) is 0 Å². The molecule has 27 heavy (non-hydrogen) atoms. The molecule has 0 spiro atoms. The molecule has 7 nitrogen and oxygen atoms in total. The van der Waals surface area contributed by atoms with Crippen LogP contribution < -0.4 is 10.6 Å². The monoisotopic (exact) mass is 375 g/mol. The smallest absolute Gasteiger partial charge is 0.289 e. The molecule has 1 saturated heterocycles. The highest BCUT2D eigenvalue weighted by Gasteiger charge is 2.29. The molecule has 7 heteroatoms. The molecule has 3 fully saturated rings. The third kappa shape index (κ3) is 4.89. The summed E-state index contributed by atoms with van der Waals surface area (Å²) in [5.74, 6) is 1.23. The first-order valence-corrected chi connectivity index (χ1v) is 10.3. The standard InChI is InChI=1S/C20H29N3O4/c24-19(15-6-8-26-9-7-15)22-16-3-1-2-13(10-16)12-21-20(25)18-11-17(23-27-18)14-4-5-14/h11,13-16H,1-10,12H2,(H,21,25)(H,22,24)/t13-,16+/m1/s1. The van der Waals surface area contributed by atoms with Gasteiger partial charge >= 0.3 is 0 Å². The minimum Gasteiger partial charge on any atom is -0.381 e. The van der Waals surface area contributed by atoms with E-state index in [0.29, 0.717) is 37.4 Å². The lowest BCUT2D eigenvalue weighted by Crippen LogP contribution is -2.44. The molecule has 2 saturated carbocycles. The van der Waals surface area contributed by atoms with Gasteiger partial charge in [-0.05, 0) is 50.9 Å². The van der Waals surface area contributed by atoms with Crippen LogP contribution in [0.4, 0.5) is 0 Å². The Kier molecular flexibility index (Phi) is 5.76. The van der Waals surface area contributed by atoms with E-state index < -0.39 is 0 Å². The number of rotatable bonds is 6. The predicted molar refractivity (Wildman–Crippen MR) is 98.2 cm³/mol. The van der Waals surface area contributed by atoms with Crippen molar-refractivity contribution >= 4 is 11.8 Å². The molecule has 4 rings (SSSR count). The molecule has 0 unspecified atom stereocenters. The fourth-order valence-corrected chi connectivity index (χ4v) is 4.18. The van der Waals surface area contributed by atoms with Crippen LogP contribution in [0.15, 0.2) is 10.6 Å². The molecule has 3 aliphatic rings. The predicted octanol–water partition coefficient (Wildman–Crippen LogP) is 2.38. The highest BCUT2D eigenvalue weighted by atomic mass is 16.5. The number of carbonyl (C=O) groups is 2. The van der Waals surface area contributed by atoms with Gasteiger partial charge in [0.25, 0.3) is 5.91 Å². The van der Waals surface area contributed by atoms with Crippen molar-refractivity contribution in [2.45, 2.75) is 63.3 Å². The number of nitrogens with one attached hydrogen (secondary N) is 2. The molecule has 0 aromatic carbocycles. The minimum atomic E-state index is -0.192. The van der Waals surface area contributed by atoms with Crippen LogP contribution in [-0.4, -0.2) is 42.8 Å². The molecular weight excluding hydrogens is 346 g/mol. The van der Waals surface area contributed by atoms with Crippen LogP contribution in [0.5, 0.6) is 0 Å². The molecule has 2 atom stereocenters. The van der Waals surface area contributed by atoms with E-state index in [1.807, 2.05) is 0 Å². The molecule has 0 radical (unpaired) electrons. The van der Waals surface area contributed by atoms with Gasteiger partial charge in [-0.2, -0.15) is 0 Å². The maximum atomic E-state index is 12.4.